The number of hydrogen-bond acceptors (Lipinski definition) is 5. The molecule has 0 radical (unpaired) electrons. The molecule has 2 aromatic rings. The zero-order valence-electron chi connectivity index (χ0n) is 9.40. The van der Waals surface area contributed by atoms with Crippen molar-refractivity contribution in [3.8, 4) is 0 Å². The van der Waals surface area contributed by atoms with Crippen LogP contribution in [0.4, 0.5) is 5.13 Å². The fraction of sp³-hybridized carbons (Fsp3) is 0.400. The van der Waals surface area contributed by atoms with Crippen LogP contribution in [0.15, 0.2) is 6.07 Å². The average molecular weight is 255 g/mol. The van der Waals surface area contributed by atoms with E-state index in [1.807, 2.05) is 32.0 Å². The largest absolute Gasteiger partial charge is 0.354 e. The number of aromatic nitrogens is 1. The summed E-state index contributed by atoms with van der Waals surface area (Å²) < 4.78 is 1.08. The monoisotopic (exact) mass is 255 g/mol. The molecule has 0 atom stereocenters. The summed E-state index contributed by atoms with van der Waals surface area (Å²) >= 11 is 3.05. The Morgan fingerprint density at radius 2 is 2.25 bits per heavy atom. The molecule has 1 N–H and O–H groups in total. The highest BCUT2D eigenvalue weighted by molar-refractivity contribution is 7.29. The summed E-state index contributed by atoms with van der Waals surface area (Å²) in [6.07, 6.45) is 0. The lowest BCUT2D eigenvalue weighted by molar-refractivity contribution is 0.0960. The van der Waals surface area contributed by atoms with Crippen molar-refractivity contribution in [3.63, 3.8) is 0 Å². The Bertz CT molecular complexity index is 484. The molecule has 4 nitrogen and oxygen atoms in total. The molecule has 16 heavy (non-hydrogen) atoms. The molecule has 2 heterocycles. The van der Waals surface area contributed by atoms with Crippen molar-refractivity contribution in [1.82, 2.24) is 10.3 Å². The van der Waals surface area contributed by atoms with Crippen molar-refractivity contribution in [2.75, 3.05) is 25.5 Å². The van der Waals surface area contributed by atoms with Crippen LogP contribution in [0.2, 0.25) is 0 Å². The van der Waals surface area contributed by atoms with E-state index in [0.29, 0.717) is 6.54 Å². The van der Waals surface area contributed by atoms with Crippen molar-refractivity contribution >= 4 is 43.2 Å². The highest BCUT2D eigenvalue weighted by Gasteiger charge is 2.13. The highest BCUT2D eigenvalue weighted by atomic mass is 32.1. The lowest BCUT2D eigenvalue weighted by Crippen LogP contribution is -2.21. The number of rotatable bonds is 3. The first-order valence-corrected chi connectivity index (χ1v) is 6.61. The van der Waals surface area contributed by atoms with Gasteiger partial charge in [0.05, 0.1) is 9.58 Å². The van der Waals surface area contributed by atoms with Crippen LogP contribution >= 0.6 is 22.7 Å². The van der Waals surface area contributed by atoms with Crippen LogP contribution in [0.3, 0.4) is 0 Å². The molecule has 0 fully saturated rings. The Morgan fingerprint density at radius 1 is 1.50 bits per heavy atom. The van der Waals surface area contributed by atoms with Crippen LogP contribution in [0, 0.1) is 0 Å². The number of nitrogens with zero attached hydrogens (tertiary/aromatic N) is 2. The molecular weight excluding hydrogens is 242 g/mol. The van der Waals surface area contributed by atoms with Crippen LogP contribution < -0.4 is 10.2 Å². The Morgan fingerprint density at radius 3 is 2.81 bits per heavy atom. The molecule has 6 heteroatoms. The highest BCUT2D eigenvalue weighted by Crippen LogP contribution is 2.33. The van der Waals surface area contributed by atoms with Crippen LogP contribution in [0.5, 0.6) is 0 Å². The van der Waals surface area contributed by atoms with Crippen LogP contribution in [-0.4, -0.2) is 31.5 Å². The minimum Gasteiger partial charge on any atom is -0.354 e. The van der Waals surface area contributed by atoms with E-state index in [2.05, 4.69) is 10.3 Å². The lowest BCUT2D eigenvalue weighted by Gasteiger charge is -2.04. The van der Waals surface area contributed by atoms with Crippen molar-refractivity contribution in [2.45, 2.75) is 6.92 Å². The summed E-state index contributed by atoms with van der Waals surface area (Å²) in [6, 6.07) is 1.91. The zero-order chi connectivity index (χ0) is 11.7. The van der Waals surface area contributed by atoms with E-state index >= 15 is 0 Å². The lowest BCUT2D eigenvalue weighted by atomic mass is 10.4. The fourth-order valence-corrected chi connectivity index (χ4v) is 3.32. The van der Waals surface area contributed by atoms with E-state index in [-0.39, 0.29) is 5.91 Å². The van der Waals surface area contributed by atoms with E-state index in [9.17, 15) is 4.79 Å². The second-order valence-electron chi connectivity index (χ2n) is 3.53. The van der Waals surface area contributed by atoms with Crippen LogP contribution in [-0.2, 0) is 0 Å². The van der Waals surface area contributed by atoms with E-state index in [1.54, 1.807) is 11.3 Å². The minimum absolute atomic E-state index is 0.0101. The summed E-state index contributed by atoms with van der Waals surface area (Å²) in [5, 5.41) is 3.76. The van der Waals surface area contributed by atoms with Crippen LogP contribution in [0.25, 0.3) is 9.53 Å². The number of anilines is 1. The molecule has 2 aromatic heterocycles. The second kappa shape index (κ2) is 4.39. The smallest absolute Gasteiger partial charge is 0.261 e. The quantitative estimate of drug-likeness (QED) is 0.914. The summed E-state index contributed by atoms with van der Waals surface area (Å²) in [5.41, 5.74) is 0. The van der Waals surface area contributed by atoms with Gasteiger partial charge in [-0.25, -0.2) is 4.98 Å². The molecule has 0 aliphatic carbocycles. The summed E-state index contributed by atoms with van der Waals surface area (Å²) in [5.74, 6) is -0.0101. The third-order valence-corrected chi connectivity index (χ3v) is 4.35. The van der Waals surface area contributed by atoms with Gasteiger partial charge >= 0.3 is 0 Å². The number of nitrogens with one attached hydrogen (secondary N) is 1. The predicted octanol–water partition coefficient (Wildman–Crippen LogP) is 2.17. The Kier molecular flexibility index (Phi) is 3.11. The normalized spacial score (nSPS) is 10.7. The first-order chi connectivity index (χ1) is 7.61. The number of amides is 1. The van der Waals surface area contributed by atoms with Gasteiger partial charge in [-0.3, -0.25) is 4.79 Å². The van der Waals surface area contributed by atoms with Crippen molar-refractivity contribution in [1.29, 1.82) is 0 Å². The molecule has 0 spiro atoms. The number of carbonyl (C=O) groups is 1. The maximum atomic E-state index is 11.6. The van der Waals surface area contributed by atoms with Gasteiger partial charge in [-0.05, 0) is 13.0 Å². The number of thiophene rings is 1. The maximum Gasteiger partial charge on any atom is 0.261 e. The van der Waals surface area contributed by atoms with E-state index in [1.165, 1.54) is 11.3 Å². The minimum atomic E-state index is -0.0101. The third kappa shape index (κ3) is 2.03. The SMILES string of the molecule is CCNC(=O)c1cc2sc(N(C)C)nc2s1. The summed E-state index contributed by atoms with van der Waals surface area (Å²) in [7, 11) is 3.93. The molecular formula is C10H13N3OS2. The topological polar surface area (TPSA) is 45.2 Å². The van der Waals surface area contributed by atoms with Gasteiger partial charge in [-0.1, -0.05) is 11.3 Å². The van der Waals surface area contributed by atoms with Gasteiger partial charge in [0.25, 0.3) is 5.91 Å². The van der Waals surface area contributed by atoms with Crippen molar-refractivity contribution in [2.24, 2.45) is 0 Å². The second-order valence-corrected chi connectivity index (χ2v) is 5.57. The zero-order valence-corrected chi connectivity index (χ0v) is 11.0. The van der Waals surface area contributed by atoms with E-state index in [4.69, 9.17) is 0 Å². The first kappa shape index (κ1) is 11.3. The number of carbonyl (C=O) groups excluding carboxylic acids is 1. The first-order valence-electron chi connectivity index (χ1n) is 4.97. The Hall–Kier alpha value is -1.14. The molecule has 0 bridgehead atoms. The number of thiazole rings is 1. The van der Waals surface area contributed by atoms with Gasteiger partial charge in [0.1, 0.15) is 4.83 Å². The van der Waals surface area contributed by atoms with E-state index < -0.39 is 0 Å². The molecule has 86 valence electrons. The summed E-state index contributed by atoms with van der Waals surface area (Å²) in [4.78, 5) is 19.7. The average Bonchev–Trinajstić information content (AvgIpc) is 2.73. The fourth-order valence-electron chi connectivity index (χ4n) is 1.27. The maximum absolute atomic E-state index is 11.6. The van der Waals surface area contributed by atoms with Gasteiger partial charge < -0.3 is 10.2 Å². The number of hydrogen-bond donors (Lipinski definition) is 1. The number of fused-ring (bicyclic) bond motifs is 1. The summed E-state index contributed by atoms with van der Waals surface area (Å²) in [6.45, 7) is 2.57. The molecule has 0 aliphatic heterocycles. The molecule has 0 aliphatic rings. The van der Waals surface area contributed by atoms with Crippen molar-refractivity contribution in [3.05, 3.63) is 10.9 Å². The predicted molar refractivity (Wildman–Crippen MR) is 69.8 cm³/mol. The van der Waals surface area contributed by atoms with E-state index in [0.717, 1.165) is 19.5 Å². The molecule has 0 saturated heterocycles. The van der Waals surface area contributed by atoms with Crippen molar-refractivity contribution < 1.29 is 4.79 Å². The Labute approximate surface area is 102 Å². The van der Waals surface area contributed by atoms with Gasteiger partial charge in [-0.2, -0.15) is 0 Å². The third-order valence-electron chi connectivity index (χ3n) is 2.02. The van der Waals surface area contributed by atoms with Gasteiger partial charge in [0.2, 0.25) is 0 Å². The molecule has 0 aromatic carbocycles. The standard InChI is InChI=1S/C10H13N3OS2/c1-4-11-8(14)6-5-7-9(15-6)12-10(16-7)13(2)3/h5H,4H2,1-3H3,(H,11,14). The Balaban J connectivity index is 2.32. The molecule has 0 saturated carbocycles. The van der Waals surface area contributed by atoms with Crippen LogP contribution in [0.1, 0.15) is 16.6 Å². The molecule has 1 amide bonds. The van der Waals surface area contributed by atoms with Gasteiger partial charge in [-0.15, -0.1) is 11.3 Å². The molecule has 2 rings (SSSR count). The molecule has 0 unspecified atom stereocenters. The van der Waals surface area contributed by atoms with Gasteiger partial charge in [0, 0.05) is 20.6 Å². The van der Waals surface area contributed by atoms with Gasteiger partial charge in [0.15, 0.2) is 5.13 Å².